The number of carboxylic acids is 1. The van der Waals surface area contributed by atoms with Crippen molar-refractivity contribution in [2.75, 3.05) is 0 Å². The molecule has 0 atom stereocenters. The third-order valence-electron chi connectivity index (χ3n) is 1.46. The maximum atomic E-state index is 10.6. The molecule has 1 aromatic carbocycles. The van der Waals surface area contributed by atoms with E-state index in [9.17, 15) is 4.79 Å². The summed E-state index contributed by atoms with van der Waals surface area (Å²) in [5.74, 6) is -1.39. The van der Waals surface area contributed by atoms with E-state index in [0.717, 1.165) is 0 Å². The molecule has 0 aliphatic rings. The second kappa shape index (κ2) is 3.46. The van der Waals surface area contributed by atoms with Crippen molar-refractivity contribution in [2.45, 2.75) is 0 Å². The Labute approximate surface area is 82.2 Å². The SMILES string of the molecule is N#Cc1c(O)ccc(C(=O)O)c1Br. The summed E-state index contributed by atoms with van der Waals surface area (Å²) in [5, 5.41) is 26.4. The number of benzene rings is 1. The van der Waals surface area contributed by atoms with Crippen LogP contribution in [0, 0.1) is 11.3 Å². The topological polar surface area (TPSA) is 81.3 Å². The third kappa shape index (κ3) is 1.63. The van der Waals surface area contributed by atoms with Crippen molar-refractivity contribution in [2.24, 2.45) is 0 Å². The number of hydrogen-bond acceptors (Lipinski definition) is 3. The van der Waals surface area contributed by atoms with E-state index in [2.05, 4.69) is 15.9 Å². The molecule has 0 aromatic heterocycles. The minimum Gasteiger partial charge on any atom is -0.507 e. The summed E-state index contributed by atoms with van der Waals surface area (Å²) in [6, 6.07) is 4.10. The zero-order valence-electron chi connectivity index (χ0n) is 6.28. The Morgan fingerprint density at radius 1 is 1.54 bits per heavy atom. The molecule has 1 rings (SSSR count). The minimum absolute atomic E-state index is 0.0469. The molecule has 0 fully saturated rings. The Morgan fingerprint density at radius 2 is 2.15 bits per heavy atom. The first kappa shape index (κ1) is 9.55. The van der Waals surface area contributed by atoms with Gasteiger partial charge in [0.05, 0.1) is 10.0 Å². The van der Waals surface area contributed by atoms with Gasteiger partial charge in [0.1, 0.15) is 17.4 Å². The molecular formula is C8H4BrNO3. The number of carboxylic acid groups (broad SMARTS) is 1. The summed E-state index contributed by atoms with van der Waals surface area (Å²) in [4.78, 5) is 10.6. The van der Waals surface area contributed by atoms with Crippen LogP contribution in [0.3, 0.4) is 0 Å². The zero-order chi connectivity index (χ0) is 10.0. The van der Waals surface area contributed by atoms with Gasteiger partial charge in [0.2, 0.25) is 0 Å². The van der Waals surface area contributed by atoms with Crippen molar-refractivity contribution in [3.8, 4) is 11.8 Å². The van der Waals surface area contributed by atoms with Gasteiger partial charge in [0.25, 0.3) is 0 Å². The summed E-state index contributed by atoms with van der Waals surface area (Å²) < 4.78 is 0.0995. The fourth-order valence-electron chi connectivity index (χ4n) is 0.837. The molecule has 0 radical (unpaired) electrons. The molecule has 0 saturated heterocycles. The summed E-state index contributed by atoms with van der Waals surface area (Å²) in [7, 11) is 0. The molecule has 0 aliphatic heterocycles. The Morgan fingerprint density at radius 3 is 2.62 bits per heavy atom. The average Bonchev–Trinajstić information content (AvgIpc) is 2.04. The van der Waals surface area contributed by atoms with Crippen LogP contribution in [0.5, 0.6) is 5.75 Å². The number of hydrogen-bond donors (Lipinski definition) is 2. The van der Waals surface area contributed by atoms with Crippen LogP contribution >= 0.6 is 15.9 Å². The molecule has 0 bridgehead atoms. The number of phenols is 1. The van der Waals surface area contributed by atoms with Gasteiger partial charge >= 0.3 is 5.97 Å². The number of nitrogens with zero attached hydrogens (tertiary/aromatic N) is 1. The number of nitriles is 1. The highest BCUT2D eigenvalue weighted by Crippen LogP contribution is 2.28. The molecule has 13 heavy (non-hydrogen) atoms. The Balaban J connectivity index is 3.47. The zero-order valence-corrected chi connectivity index (χ0v) is 7.87. The van der Waals surface area contributed by atoms with Crippen molar-refractivity contribution in [1.82, 2.24) is 0 Å². The van der Waals surface area contributed by atoms with Crippen LogP contribution in [0.1, 0.15) is 15.9 Å². The van der Waals surface area contributed by atoms with Gasteiger partial charge in [0, 0.05) is 0 Å². The Bertz CT molecular complexity index is 409. The molecule has 0 unspecified atom stereocenters. The number of halogens is 1. The highest BCUT2D eigenvalue weighted by atomic mass is 79.9. The van der Waals surface area contributed by atoms with Gasteiger partial charge in [-0.05, 0) is 28.1 Å². The summed E-state index contributed by atoms with van der Waals surface area (Å²) in [5.41, 5.74) is -0.116. The molecular weight excluding hydrogens is 238 g/mol. The number of rotatable bonds is 1. The monoisotopic (exact) mass is 241 g/mol. The van der Waals surface area contributed by atoms with E-state index in [0.29, 0.717) is 0 Å². The van der Waals surface area contributed by atoms with Crippen LogP contribution in [-0.4, -0.2) is 16.2 Å². The molecule has 0 amide bonds. The standard InChI is InChI=1S/C8H4BrNO3/c9-7-4(8(12)13)1-2-6(11)5(7)3-10/h1-2,11H,(H,12,13). The first-order chi connectivity index (χ1) is 6.07. The normalized spacial score (nSPS) is 9.23. The molecule has 0 spiro atoms. The first-order valence-electron chi connectivity index (χ1n) is 3.22. The lowest BCUT2D eigenvalue weighted by Gasteiger charge is -2.02. The van der Waals surface area contributed by atoms with Gasteiger partial charge < -0.3 is 10.2 Å². The van der Waals surface area contributed by atoms with E-state index in [1.807, 2.05) is 0 Å². The first-order valence-corrected chi connectivity index (χ1v) is 4.02. The Kier molecular flexibility index (Phi) is 2.54. The highest BCUT2D eigenvalue weighted by molar-refractivity contribution is 9.10. The molecule has 0 saturated carbocycles. The lowest BCUT2D eigenvalue weighted by molar-refractivity contribution is 0.0696. The van der Waals surface area contributed by atoms with E-state index in [-0.39, 0.29) is 21.3 Å². The number of carbonyl (C=O) groups is 1. The molecule has 2 N–H and O–H groups in total. The van der Waals surface area contributed by atoms with Crippen molar-refractivity contribution in [3.05, 3.63) is 27.7 Å². The molecule has 0 heterocycles. The van der Waals surface area contributed by atoms with Crippen molar-refractivity contribution < 1.29 is 15.0 Å². The van der Waals surface area contributed by atoms with Crippen molar-refractivity contribution in [3.63, 3.8) is 0 Å². The van der Waals surface area contributed by atoms with E-state index in [4.69, 9.17) is 15.5 Å². The fraction of sp³-hybridized carbons (Fsp3) is 0. The second-order valence-electron chi connectivity index (χ2n) is 2.24. The van der Waals surface area contributed by atoms with E-state index in [1.54, 1.807) is 6.07 Å². The molecule has 66 valence electrons. The quantitative estimate of drug-likeness (QED) is 0.785. The molecule has 4 nitrogen and oxygen atoms in total. The maximum absolute atomic E-state index is 10.6. The number of aromatic hydroxyl groups is 1. The van der Waals surface area contributed by atoms with E-state index in [1.165, 1.54) is 12.1 Å². The van der Waals surface area contributed by atoms with Crippen LogP contribution in [0.2, 0.25) is 0 Å². The van der Waals surface area contributed by atoms with Gasteiger partial charge in [0.15, 0.2) is 0 Å². The van der Waals surface area contributed by atoms with Crippen LogP contribution in [0.25, 0.3) is 0 Å². The van der Waals surface area contributed by atoms with Crippen LogP contribution in [-0.2, 0) is 0 Å². The van der Waals surface area contributed by atoms with Gasteiger partial charge in [-0.1, -0.05) is 0 Å². The smallest absolute Gasteiger partial charge is 0.336 e. The average molecular weight is 242 g/mol. The fourth-order valence-corrected chi connectivity index (χ4v) is 1.43. The number of phenolic OH excluding ortho intramolecular Hbond substituents is 1. The van der Waals surface area contributed by atoms with Crippen LogP contribution in [0.4, 0.5) is 0 Å². The van der Waals surface area contributed by atoms with Crippen molar-refractivity contribution in [1.29, 1.82) is 5.26 Å². The van der Waals surface area contributed by atoms with Gasteiger partial charge in [-0.3, -0.25) is 0 Å². The summed E-state index contributed by atoms with van der Waals surface area (Å²) in [6.07, 6.45) is 0. The predicted molar refractivity (Wildman–Crippen MR) is 47.5 cm³/mol. The van der Waals surface area contributed by atoms with Crippen molar-refractivity contribution >= 4 is 21.9 Å². The maximum Gasteiger partial charge on any atom is 0.336 e. The second-order valence-corrected chi connectivity index (χ2v) is 3.03. The molecule has 5 heteroatoms. The molecule has 0 aliphatic carbocycles. The summed E-state index contributed by atoms with van der Waals surface area (Å²) in [6.45, 7) is 0. The van der Waals surface area contributed by atoms with Crippen LogP contribution < -0.4 is 0 Å². The van der Waals surface area contributed by atoms with E-state index >= 15 is 0 Å². The van der Waals surface area contributed by atoms with Gasteiger partial charge in [-0.15, -0.1) is 0 Å². The van der Waals surface area contributed by atoms with Gasteiger partial charge in [-0.2, -0.15) is 5.26 Å². The lowest BCUT2D eigenvalue weighted by Crippen LogP contribution is -1.98. The number of aromatic carboxylic acids is 1. The van der Waals surface area contributed by atoms with Crippen LogP contribution in [0.15, 0.2) is 16.6 Å². The lowest BCUT2D eigenvalue weighted by atomic mass is 10.1. The largest absolute Gasteiger partial charge is 0.507 e. The third-order valence-corrected chi connectivity index (χ3v) is 2.29. The van der Waals surface area contributed by atoms with E-state index < -0.39 is 5.97 Å². The summed E-state index contributed by atoms with van der Waals surface area (Å²) >= 11 is 2.93. The minimum atomic E-state index is -1.15. The molecule has 1 aromatic rings. The Hall–Kier alpha value is -1.54. The highest BCUT2D eigenvalue weighted by Gasteiger charge is 2.14. The van der Waals surface area contributed by atoms with Gasteiger partial charge in [-0.25, -0.2) is 4.79 Å². The predicted octanol–water partition coefficient (Wildman–Crippen LogP) is 1.72.